The standard InChI is InChI=1S/C21H22N2O5/c1-27-17-10-11-18(20(14-17)28-2)19-4-3-13-22(19)21(24)12-7-15-5-8-16(9-6-15)23(25)26/h5-12,14,19H,3-4,13H2,1-2H3/b12-7+. The fourth-order valence-corrected chi connectivity index (χ4v) is 3.42. The van der Waals surface area contributed by atoms with Crippen molar-refractivity contribution in [2.24, 2.45) is 0 Å². The number of nitrogens with zero attached hydrogens (tertiary/aromatic N) is 2. The van der Waals surface area contributed by atoms with Crippen LogP contribution < -0.4 is 9.47 Å². The first kappa shape index (κ1) is 19.4. The number of nitro groups is 1. The highest BCUT2D eigenvalue weighted by molar-refractivity contribution is 5.92. The lowest BCUT2D eigenvalue weighted by atomic mass is 10.0. The largest absolute Gasteiger partial charge is 0.497 e. The number of carbonyl (C=O) groups excluding carboxylic acids is 1. The third-order valence-electron chi connectivity index (χ3n) is 4.86. The molecule has 1 aliphatic heterocycles. The number of ether oxygens (including phenoxy) is 2. The van der Waals surface area contributed by atoms with Crippen LogP contribution in [0.4, 0.5) is 5.69 Å². The average molecular weight is 382 g/mol. The predicted octanol–water partition coefficient (Wildman–Crippen LogP) is 3.99. The quantitative estimate of drug-likeness (QED) is 0.429. The van der Waals surface area contributed by atoms with Crippen LogP contribution in [0.5, 0.6) is 11.5 Å². The molecule has 2 aromatic carbocycles. The van der Waals surface area contributed by atoms with Crippen LogP contribution in [0.3, 0.4) is 0 Å². The van der Waals surface area contributed by atoms with Gasteiger partial charge in [-0.15, -0.1) is 0 Å². The summed E-state index contributed by atoms with van der Waals surface area (Å²) in [5.74, 6) is 1.30. The lowest BCUT2D eigenvalue weighted by Crippen LogP contribution is -2.29. The van der Waals surface area contributed by atoms with Crippen molar-refractivity contribution in [3.05, 3.63) is 69.8 Å². The molecule has 0 aliphatic carbocycles. The van der Waals surface area contributed by atoms with Crippen LogP contribution in [0.25, 0.3) is 6.08 Å². The van der Waals surface area contributed by atoms with Crippen molar-refractivity contribution in [3.63, 3.8) is 0 Å². The summed E-state index contributed by atoms with van der Waals surface area (Å²) in [6.45, 7) is 0.670. The van der Waals surface area contributed by atoms with Crippen molar-refractivity contribution in [1.82, 2.24) is 4.90 Å². The van der Waals surface area contributed by atoms with Gasteiger partial charge in [0.1, 0.15) is 11.5 Å². The van der Waals surface area contributed by atoms with Gasteiger partial charge in [0.05, 0.1) is 25.2 Å². The number of rotatable bonds is 6. The first-order chi connectivity index (χ1) is 13.5. The van der Waals surface area contributed by atoms with Crippen LogP contribution in [0.15, 0.2) is 48.5 Å². The van der Waals surface area contributed by atoms with Gasteiger partial charge in [-0.25, -0.2) is 0 Å². The fourth-order valence-electron chi connectivity index (χ4n) is 3.42. The van der Waals surface area contributed by atoms with E-state index in [1.807, 2.05) is 23.1 Å². The predicted molar refractivity (Wildman–Crippen MR) is 105 cm³/mol. The maximum atomic E-state index is 12.8. The van der Waals surface area contributed by atoms with E-state index in [4.69, 9.17) is 9.47 Å². The van der Waals surface area contributed by atoms with Gasteiger partial charge >= 0.3 is 0 Å². The zero-order valence-electron chi connectivity index (χ0n) is 15.8. The van der Waals surface area contributed by atoms with E-state index in [0.29, 0.717) is 18.0 Å². The summed E-state index contributed by atoms with van der Waals surface area (Å²) in [6.07, 6.45) is 4.96. The van der Waals surface area contributed by atoms with E-state index in [1.54, 1.807) is 32.4 Å². The molecule has 0 aromatic heterocycles. The molecule has 7 nitrogen and oxygen atoms in total. The summed E-state index contributed by atoms with van der Waals surface area (Å²) in [7, 11) is 3.21. The number of carbonyl (C=O) groups is 1. The zero-order valence-corrected chi connectivity index (χ0v) is 15.8. The van der Waals surface area contributed by atoms with E-state index >= 15 is 0 Å². The summed E-state index contributed by atoms with van der Waals surface area (Å²) < 4.78 is 10.7. The highest BCUT2D eigenvalue weighted by Gasteiger charge is 2.31. The number of benzene rings is 2. The molecule has 1 atom stereocenters. The first-order valence-corrected chi connectivity index (χ1v) is 8.98. The second-order valence-electron chi connectivity index (χ2n) is 6.48. The number of methoxy groups -OCH3 is 2. The van der Waals surface area contributed by atoms with Crippen LogP contribution in [-0.2, 0) is 4.79 Å². The molecular formula is C21H22N2O5. The zero-order chi connectivity index (χ0) is 20.1. The monoisotopic (exact) mass is 382 g/mol. The van der Waals surface area contributed by atoms with E-state index < -0.39 is 4.92 Å². The van der Waals surface area contributed by atoms with Crippen LogP contribution in [0, 0.1) is 10.1 Å². The van der Waals surface area contributed by atoms with Crippen LogP contribution >= 0.6 is 0 Å². The van der Waals surface area contributed by atoms with Gasteiger partial charge in [0.25, 0.3) is 5.69 Å². The molecule has 0 radical (unpaired) electrons. The van der Waals surface area contributed by atoms with Gasteiger partial charge in [-0.2, -0.15) is 0 Å². The molecule has 2 aromatic rings. The number of non-ortho nitro benzene ring substituents is 1. The molecule has 0 N–H and O–H groups in total. The first-order valence-electron chi connectivity index (χ1n) is 8.98. The van der Waals surface area contributed by atoms with Gasteiger partial charge in [-0.1, -0.05) is 0 Å². The fraction of sp³-hybridized carbons (Fsp3) is 0.286. The normalized spacial score (nSPS) is 16.4. The van der Waals surface area contributed by atoms with E-state index in [9.17, 15) is 14.9 Å². The van der Waals surface area contributed by atoms with Crippen molar-refractivity contribution in [1.29, 1.82) is 0 Å². The van der Waals surface area contributed by atoms with Gasteiger partial charge in [-0.05, 0) is 48.7 Å². The Morgan fingerprint density at radius 2 is 1.93 bits per heavy atom. The molecule has 1 fully saturated rings. The highest BCUT2D eigenvalue weighted by Crippen LogP contribution is 2.38. The number of hydrogen-bond donors (Lipinski definition) is 0. The molecule has 3 rings (SSSR count). The third kappa shape index (κ3) is 4.14. The van der Waals surface area contributed by atoms with Gasteiger partial charge in [0.2, 0.25) is 5.91 Å². The lowest BCUT2D eigenvalue weighted by Gasteiger charge is -2.25. The molecule has 1 heterocycles. The van der Waals surface area contributed by atoms with Crippen LogP contribution in [-0.4, -0.2) is 36.5 Å². The lowest BCUT2D eigenvalue weighted by molar-refractivity contribution is -0.384. The Morgan fingerprint density at radius 1 is 1.18 bits per heavy atom. The summed E-state index contributed by atoms with van der Waals surface area (Å²) >= 11 is 0. The van der Waals surface area contributed by atoms with Crippen LogP contribution in [0.1, 0.15) is 30.0 Å². The smallest absolute Gasteiger partial charge is 0.269 e. The van der Waals surface area contributed by atoms with Gasteiger partial charge in [-0.3, -0.25) is 14.9 Å². The average Bonchev–Trinajstić information content (AvgIpc) is 3.21. The molecule has 146 valence electrons. The molecule has 0 saturated carbocycles. The Kier molecular flexibility index (Phi) is 5.93. The summed E-state index contributed by atoms with van der Waals surface area (Å²) in [5, 5.41) is 10.7. The number of hydrogen-bond acceptors (Lipinski definition) is 5. The molecule has 1 aliphatic rings. The van der Waals surface area contributed by atoms with Crippen molar-refractivity contribution in [3.8, 4) is 11.5 Å². The van der Waals surface area contributed by atoms with E-state index in [1.165, 1.54) is 18.2 Å². The second kappa shape index (κ2) is 8.56. The van der Waals surface area contributed by atoms with E-state index in [-0.39, 0.29) is 17.6 Å². The molecule has 1 unspecified atom stereocenters. The maximum absolute atomic E-state index is 12.8. The molecule has 1 saturated heterocycles. The topological polar surface area (TPSA) is 81.9 Å². The van der Waals surface area contributed by atoms with Crippen molar-refractivity contribution in [2.75, 3.05) is 20.8 Å². The van der Waals surface area contributed by atoms with Crippen LogP contribution in [0.2, 0.25) is 0 Å². The molecule has 7 heteroatoms. The number of nitro benzene ring substituents is 1. The van der Waals surface area contributed by atoms with Gasteiger partial charge < -0.3 is 14.4 Å². The second-order valence-corrected chi connectivity index (χ2v) is 6.48. The Bertz CT molecular complexity index is 892. The van der Waals surface area contributed by atoms with E-state index in [2.05, 4.69) is 0 Å². The molecule has 1 amide bonds. The van der Waals surface area contributed by atoms with E-state index in [0.717, 1.165) is 24.0 Å². The minimum Gasteiger partial charge on any atom is -0.497 e. The van der Waals surface area contributed by atoms with Gasteiger partial charge in [0.15, 0.2) is 0 Å². The minimum atomic E-state index is -0.449. The van der Waals surface area contributed by atoms with Gasteiger partial charge in [0, 0.05) is 36.4 Å². The molecular weight excluding hydrogens is 360 g/mol. The maximum Gasteiger partial charge on any atom is 0.269 e. The summed E-state index contributed by atoms with van der Waals surface area (Å²) in [6, 6.07) is 11.7. The molecule has 0 spiro atoms. The van der Waals surface area contributed by atoms with Crippen molar-refractivity contribution < 1.29 is 19.2 Å². The highest BCUT2D eigenvalue weighted by atomic mass is 16.6. The molecule has 28 heavy (non-hydrogen) atoms. The Labute approximate surface area is 163 Å². The molecule has 0 bridgehead atoms. The van der Waals surface area contributed by atoms with Crippen molar-refractivity contribution >= 4 is 17.7 Å². The Hall–Kier alpha value is -3.35. The SMILES string of the molecule is COc1ccc(C2CCCN2C(=O)/C=C/c2ccc([N+](=O)[O-])cc2)c(OC)c1. The third-order valence-corrected chi connectivity index (χ3v) is 4.86. The van der Waals surface area contributed by atoms with Crippen molar-refractivity contribution in [2.45, 2.75) is 18.9 Å². The summed E-state index contributed by atoms with van der Waals surface area (Å²) in [4.78, 5) is 24.9. The Morgan fingerprint density at radius 3 is 2.57 bits per heavy atom. The minimum absolute atomic E-state index is 0.0229. The number of likely N-dealkylation sites (tertiary alicyclic amines) is 1. The number of amides is 1. The summed E-state index contributed by atoms with van der Waals surface area (Å²) in [5.41, 5.74) is 1.71. The Balaban J connectivity index is 1.77.